The Hall–Kier alpha value is -0.0800. The van der Waals surface area contributed by atoms with Gasteiger partial charge in [0.15, 0.2) is 0 Å². The number of nitrogens with one attached hydrogen (secondary N) is 1. The van der Waals surface area contributed by atoms with Crippen LogP contribution in [0.25, 0.3) is 0 Å². The topological polar surface area (TPSA) is 21.3 Å². The van der Waals surface area contributed by atoms with Crippen LogP contribution in [0, 0.1) is 5.92 Å². The third-order valence-electron chi connectivity index (χ3n) is 1.91. The number of hydrogen-bond acceptors (Lipinski definition) is 2. The number of ether oxygens (including phenoxy) is 1. The van der Waals surface area contributed by atoms with Crippen molar-refractivity contribution in [1.82, 2.24) is 5.32 Å². The van der Waals surface area contributed by atoms with Crippen molar-refractivity contribution < 1.29 is 4.74 Å². The summed E-state index contributed by atoms with van der Waals surface area (Å²) in [6.07, 6.45) is 0. The molecular weight excluding hydrogens is 126 g/mol. The van der Waals surface area contributed by atoms with E-state index in [0.29, 0.717) is 18.0 Å². The van der Waals surface area contributed by atoms with E-state index in [2.05, 4.69) is 26.1 Å². The van der Waals surface area contributed by atoms with Gasteiger partial charge in [-0.05, 0) is 5.92 Å². The van der Waals surface area contributed by atoms with Crippen molar-refractivity contribution in [1.29, 1.82) is 0 Å². The number of rotatable bonds is 2. The molecule has 0 bridgehead atoms. The van der Waals surface area contributed by atoms with Crippen LogP contribution in [-0.2, 0) is 4.74 Å². The largest absolute Gasteiger partial charge is 0.379 e. The Balaban J connectivity index is 2.26. The smallest absolute Gasteiger partial charge is 0.0623 e. The molecule has 1 aliphatic rings. The Morgan fingerprint density at radius 2 is 2.10 bits per heavy atom. The summed E-state index contributed by atoms with van der Waals surface area (Å²) in [5.74, 6) is 0.683. The van der Waals surface area contributed by atoms with Gasteiger partial charge in [0.2, 0.25) is 0 Å². The quantitative estimate of drug-likeness (QED) is 0.623. The van der Waals surface area contributed by atoms with Gasteiger partial charge in [0.1, 0.15) is 0 Å². The van der Waals surface area contributed by atoms with Crippen LogP contribution in [-0.4, -0.2) is 25.3 Å². The highest BCUT2D eigenvalue weighted by atomic mass is 16.5. The molecular formula is C8H17NO. The maximum absolute atomic E-state index is 5.31. The molecule has 0 spiro atoms. The highest BCUT2D eigenvalue weighted by Crippen LogP contribution is 2.12. The van der Waals surface area contributed by atoms with Gasteiger partial charge in [0, 0.05) is 12.1 Å². The van der Waals surface area contributed by atoms with E-state index in [1.54, 1.807) is 0 Å². The second kappa shape index (κ2) is 3.35. The molecule has 1 saturated heterocycles. The molecule has 60 valence electrons. The third kappa shape index (κ3) is 1.96. The summed E-state index contributed by atoms with van der Waals surface area (Å²) >= 11 is 0. The predicted octanol–water partition coefficient (Wildman–Crippen LogP) is 1.02. The van der Waals surface area contributed by atoms with Crippen molar-refractivity contribution in [2.75, 3.05) is 13.2 Å². The highest BCUT2D eigenvalue weighted by molar-refractivity contribution is 4.79. The maximum Gasteiger partial charge on any atom is 0.0623 e. The predicted molar refractivity (Wildman–Crippen MR) is 42.0 cm³/mol. The molecule has 2 heteroatoms. The minimum absolute atomic E-state index is 0.578. The van der Waals surface area contributed by atoms with Gasteiger partial charge < -0.3 is 10.1 Å². The lowest BCUT2D eigenvalue weighted by Gasteiger charge is -2.17. The molecule has 0 aromatic heterocycles. The van der Waals surface area contributed by atoms with Crippen molar-refractivity contribution in [3.63, 3.8) is 0 Å². The average Bonchev–Trinajstić information content (AvgIpc) is 2.15. The van der Waals surface area contributed by atoms with E-state index in [4.69, 9.17) is 4.74 Å². The molecule has 0 aromatic rings. The van der Waals surface area contributed by atoms with E-state index in [1.165, 1.54) is 0 Å². The minimum atomic E-state index is 0.578. The second-order valence-electron chi connectivity index (χ2n) is 3.44. The molecule has 0 aromatic carbocycles. The molecule has 10 heavy (non-hydrogen) atoms. The molecule has 1 fully saturated rings. The zero-order chi connectivity index (χ0) is 7.56. The lowest BCUT2D eigenvalue weighted by atomic mass is 10.1. The van der Waals surface area contributed by atoms with Crippen LogP contribution in [0.1, 0.15) is 20.8 Å². The molecule has 1 aliphatic heterocycles. The van der Waals surface area contributed by atoms with E-state index >= 15 is 0 Å². The molecule has 1 rings (SSSR count). The second-order valence-corrected chi connectivity index (χ2v) is 3.44. The summed E-state index contributed by atoms with van der Waals surface area (Å²) in [5, 5.41) is 3.47. The van der Waals surface area contributed by atoms with Crippen LogP contribution in [0.15, 0.2) is 0 Å². The molecule has 0 amide bonds. The fraction of sp³-hybridized carbons (Fsp3) is 1.00. The first kappa shape index (κ1) is 8.02. The van der Waals surface area contributed by atoms with E-state index in [-0.39, 0.29) is 0 Å². The zero-order valence-corrected chi connectivity index (χ0v) is 7.05. The van der Waals surface area contributed by atoms with Gasteiger partial charge in [-0.15, -0.1) is 0 Å². The highest BCUT2D eigenvalue weighted by Gasteiger charge is 2.23. The van der Waals surface area contributed by atoms with Crippen LogP contribution < -0.4 is 5.32 Å². The average molecular weight is 143 g/mol. The van der Waals surface area contributed by atoms with E-state index in [1.807, 2.05) is 0 Å². The van der Waals surface area contributed by atoms with Crippen molar-refractivity contribution in [3.8, 4) is 0 Å². The summed E-state index contributed by atoms with van der Waals surface area (Å²) in [6, 6.07) is 1.16. The van der Waals surface area contributed by atoms with Gasteiger partial charge in [0.25, 0.3) is 0 Å². The summed E-state index contributed by atoms with van der Waals surface area (Å²) in [7, 11) is 0. The van der Waals surface area contributed by atoms with Crippen LogP contribution in [0.5, 0.6) is 0 Å². The molecule has 0 saturated carbocycles. The van der Waals surface area contributed by atoms with Gasteiger partial charge in [-0.1, -0.05) is 20.8 Å². The first-order valence-corrected chi connectivity index (χ1v) is 4.04. The lowest BCUT2D eigenvalue weighted by Crippen LogP contribution is -2.38. The van der Waals surface area contributed by atoms with E-state index in [9.17, 15) is 0 Å². The summed E-state index contributed by atoms with van der Waals surface area (Å²) in [6.45, 7) is 8.38. The van der Waals surface area contributed by atoms with Crippen molar-refractivity contribution in [2.24, 2.45) is 5.92 Å². The first-order valence-electron chi connectivity index (χ1n) is 4.04. The van der Waals surface area contributed by atoms with Crippen LogP contribution in [0.4, 0.5) is 0 Å². The fourth-order valence-electron chi connectivity index (χ4n) is 1.30. The Morgan fingerprint density at radius 1 is 1.40 bits per heavy atom. The van der Waals surface area contributed by atoms with Gasteiger partial charge in [0.05, 0.1) is 13.2 Å². The SMILES string of the molecule is CC(C)NC1COC[C@H]1C. The molecule has 1 unspecified atom stereocenters. The number of hydrogen-bond donors (Lipinski definition) is 1. The summed E-state index contributed by atoms with van der Waals surface area (Å²) in [5.41, 5.74) is 0. The molecule has 2 atom stereocenters. The molecule has 2 nitrogen and oxygen atoms in total. The Labute approximate surface area is 63.0 Å². The Kier molecular flexibility index (Phi) is 2.69. The first-order chi connectivity index (χ1) is 4.70. The molecule has 0 aliphatic carbocycles. The third-order valence-corrected chi connectivity index (χ3v) is 1.91. The Bertz CT molecular complexity index is 103. The van der Waals surface area contributed by atoms with Crippen LogP contribution >= 0.6 is 0 Å². The van der Waals surface area contributed by atoms with E-state index in [0.717, 1.165) is 13.2 Å². The van der Waals surface area contributed by atoms with Gasteiger partial charge in [-0.3, -0.25) is 0 Å². The van der Waals surface area contributed by atoms with Gasteiger partial charge >= 0.3 is 0 Å². The maximum atomic E-state index is 5.31. The van der Waals surface area contributed by atoms with Crippen molar-refractivity contribution >= 4 is 0 Å². The zero-order valence-electron chi connectivity index (χ0n) is 7.05. The van der Waals surface area contributed by atoms with Crippen molar-refractivity contribution in [3.05, 3.63) is 0 Å². The minimum Gasteiger partial charge on any atom is -0.379 e. The van der Waals surface area contributed by atoms with Gasteiger partial charge in [-0.25, -0.2) is 0 Å². The van der Waals surface area contributed by atoms with E-state index < -0.39 is 0 Å². The normalized spacial score (nSPS) is 33.6. The van der Waals surface area contributed by atoms with Crippen molar-refractivity contribution in [2.45, 2.75) is 32.9 Å². The monoisotopic (exact) mass is 143 g/mol. The molecule has 1 N–H and O–H groups in total. The summed E-state index contributed by atoms with van der Waals surface area (Å²) in [4.78, 5) is 0. The molecule has 1 heterocycles. The molecule has 0 radical (unpaired) electrons. The Morgan fingerprint density at radius 3 is 2.50 bits per heavy atom. The standard InChI is InChI=1S/C8H17NO/c1-6(2)9-8-5-10-4-7(8)3/h6-9H,4-5H2,1-3H3/t7-,8?/m1/s1. The summed E-state index contributed by atoms with van der Waals surface area (Å²) < 4.78 is 5.31. The lowest BCUT2D eigenvalue weighted by molar-refractivity contribution is 0.183. The van der Waals surface area contributed by atoms with Crippen LogP contribution in [0.2, 0.25) is 0 Å². The fourth-order valence-corrected chi connectivity index (χ4v) is 1.30. The van der Waals surface area contributed by atoms with Gasteiger partial charge in [-0.2, -0.15) is 0 Å². The van der Waals surface area contributed by atoms with Crippen LogP contribution in [0.3, 0.4) is 0 Å².